The Balaban J connectivity index is 2.41. The van der Waals surface area contributed by atoms with Crippen molar-refractivity contribution in [2.24, 2.45) is 0 Å². The Morgan fingerprint density at radius 2 is 1.72 bits per heavy atom. The first-order chi connectivity index (χ1) is 11.9. The third-order valence-corrected chi connectivity index (χ3v) is 6.18. The van der Waals surface area contributed by atoms with Gasteiger partial charge in [0, 0.05) is 12.6 Å². The van der Waals surface area contributed by atoms with E-state index in [2.05, 4.69) is 6.58 Å². The molecule has 0 spiro atoms. The minimum Gasteiger partial charge on any atom is -0.391 e. The van der Waals surface area contributed by atoms with Gasteiger partial charge in [-0.1, -0.05) is 54.1 Å². The highest BCUT2D eigenvalue weighted by Crippen LogP contribution is 2.23. The molecule has 0 radical (unpaired) electrons. The molecule has 134 valence electrons. The lowest BCUT2D eigenvalue weighted by molar-refractivity contribution is 0.0982. The Labute approximate surface area is 150 Å². The molecule has 0 aliphatic rings. The lowest BCUT2D eigenvalue weighted by atomic mass is 10.1. The molecule has 0 saturated carbocycles. The smallest absolute Gasteiger partial charge is 0.243 e. The van der Waals surface area contributed by atoms with Gasteiger partial charge in [0.15, 0.2) is 0 Å². The summed E-state index contributed by atoms with van der Waals surface area (Å²) in [6, 6.07) is 15.6. The molecule has 0 aliphatic heterocycles. The zero-order chi connectivity index (χ0) is 18.4. The third-order valence-electron chi connectivity index (χ3n) is 4.23. The lowest BCUT2D eigenvalue weighted by Gasteiger charge is -2.31. The van der Waals surface area contributed by atoms with Gasteiger partial charge in [0.2, 0.25) is 10.0 Å². The van der Waals surface area contributed by atoms with Gasteiger partial charge in [0.05, 0.1) is 11.0 Å². The van der Waals surface area contributed by atoms with Gasteiger partial charge in [0.1, 0.15) is 0 Å². The van der Waals surface area contributed by atoms with E-state index in [0.29, 0.717) is 6.42 Å². The van der Waals surface area contributed by atoms with Crippen LogP contribution in [0, 0.1) is 6.92 Å². The molecule has 5 heteroatoms. The standard InChI is InChI=1S/C20H25NO3S/c1-4-8-20(22)17(3)21(15-18-9-6-5-7-10-18)25(23,24)19-13-11-16(2)12-14-19/h4-7,9-14,17,20,22H,1,8,15H2,2-3H3/t17-,20+/m0/s1. The zero-order valence-corrected chi connectivity index (χ0v) is 15.5. The summed E-state index contributed by atoms with van der Waals surface area (Å²) in [6.07, 6.45) is 1.11. The molecule has 0 unspecified atom stereocenters. The molecule has 1 N–H and O–H groups in total. The van der Waals surface area contributed by atoms with Crippen LogP contribution in [0.25, 0.3) is 0 Å². The first kappa shape index (κ1) is 19.4. The molecule has 2 atom stereocenters. The quantitative estimate of drug-likeness (QED) is 0.734. The normalized spacial score (nSPS) is 14.2. The van der Waals surface area contributed by atoms with Gasteiger partial charge in [-0.05, 0) is 38.0 Å². The second-order valence-corrected chi connectivity index (χ2v) is 8.07. The molecule has 25 heavy (non-hydrogen) atoms. The van der Waals surface area contributed by atoms with Crippen LogP contribution in [0.15, 0.2) is 72.1 Å². The van der Waals surface area contributed by atoms with Crippen LogP contribution < -0.4 is 0 Å². The van der Waals surface area contributed by atoms with Crippen LogP contribution in [0.4, 0.5) is 0 Å². The number of hydrogen-bond acceptors (Lipinski definition) is 3. The summed E-state index contributed by atoms with van der Waals surface area (Å²) in [5, 5.41) is 10.3. The van der Waals surface area contributed by atoms with Crippen molar-refractivity contribution in [3.63, 3.8) is 0 Å². The molecule has 2 rings (SSSR count). The first-order valence-corrected chi connectivity index (χ1v) is 9.71. The number of benzene rings is 2. The SMILES string of the molecule is C=CC[C@@H](O)[C@H](C)N(Cc1ccccc1)S(=O)(=O)c1ccc(C)cc1. The molecule has 2 aromatic rings. The number of sulfonamides is 1. The predicted octanol–water partition coefficient (Wildman–Crippen LogP) is 3.51. The van der Waals surface area contributed by atoms with Gasteiger partial charge < -0.3 is 5.11 Å². The maximum absolute atomic E-state index is 13.2. The molecule has 0 saturated heterocycles. The van der Waals surface area contributed by atoms with Gasteiger partial charge in [-0.3, -0.25) is 0 Å². The Bertz CT molecular complexity index is 785. The molecule has 0 bridgehead atoms. The minimum absolute atomic E-state index is 0.201. The summed E-state index contributed by atoms with van der Waals surface area (Å²) in [5.74, 6) is 0. The highest BCUT2D eigenvalue weighted by Gasteiger charge is 2.32. The van der Waals surface area contributed by atoms with Crippen molar-refractivity contribution in [3.05, 3.63) is 78.4 Å². The molecule has 0 aromatic heterocycles. The van der Waals surface area contributed by atoms with E-state index >= 15 is 0 Å². The van der Waals surface area contributed by atoms with Crippen LogP contribution in [0.3, 0.4) is 0 Å². The van der Waals surface area contributed by atoms with Crippen molar-refractivity contribution < 1.29 is 13.5 Å². The summed E-state index contributed by atoms with van der Waals surface area (Å²) >= 11 is 0. The fourth-order valence-corrected chi connectivity index (χ4v) is 4.26. The number of nitrogens with zero attached hydrogens (tertiary/aromatic N) is 1. The van der Waals surface area contributed by atoms with E-state index in [1.807, 2.05) is 37.3 Å². The van der Waals surface area contributed by atoms with Crippen LogP contribution >= 0.6 is 0 Å². The van der Waals surface area contributed by atoms with Crippen molar-refractivity contribution >= 4 is 10.0 Å². The Hall–Kier alpha value is -1.95. The molecule has 0 heterocycles. The van der Waals surface area contributed by atoms with E-state index < -0.39 is 22.2 Å². The third kappa shape index (κ3) is 4.78. The van der Waals surface area contributed by atoms with Crippen molar-refractivity contribution in [3.8, 4) is 0 Å². The van der Waals surface area contributed by atoms with Gasteiger partial charge in [-0.15, -0.1) is 6.58 Å². The summed E-state index contributed by atoms with van der Waals surface area (Å²) in [7, 11) is -3.74. The van der Waals surface area contributed by atoms with E-state index in [0.717, 1.165) is 11.1 Å². The molecule has 0 fully saturated rings. The van der Waals surface area contributed by atoms with Gasteiger partial charge in [-0.25, -0.2) is 8.42 Å². The number of hydrogen-bond donors (Lipinski definition) is 1. The Morgan fingerprint density at radius 1 is 1.12 bits per heavy atom. The number of rotatable bonds is 8. The summed E-state index contributed by atoms with van der Waals surface area (Å²) in [6.45, 7) is 7.47. The average molecular weight is 359 g/mol. The van der Waals surface area contributed by atoms with Gasteiger partial charge >= 0.3 is 0 Å². The fourth-order valence-electron chi connectivity index (χ4n) is 2.62. The maximum Gasteiger partial charge on any atom is 0.243 e. The highest BCUT2D eigenvalue weighted by molar-refractivity contribution is 7.89. The molecule has 0 aliphatic carbocycles. The summed E-state index contributed by atoms with van der Waals surface area (Å²) < 4.78 is 27.7. The minimum atomic E-state index is -3.74. The Kier molecular flexibility index (Phi) is 6.53. The van der Waals surface area contributed by atoms with Crippen LogP contribution in [0.2, 0.25) is 0 Å². The average Bonchev–Trinajstić information content (AvgIpc) is 2.60. The molecule has 0 amide bonds. The second-order valence-electron chi connectivity index (χ2n) is 6.18. The van der Waals surface area contributed by atoms with Gasteiger partial charge in [-0.2, -0.15) is 4.31 Å². The molecular formula is C20H25NO3S. The largest absolute Gasteiger partial charge is 0.391 e. The topological polar surface area (TPSA) is 57.6 Å². The van der Waals surface area contributed by atoms with Crippen molar-refractivity contribution in [2.45, 2.75) is 43.9 Å². The van der Waals surface area contributed by atoms with Crippen molar-refractivity contribution in [1.82, 2.24) is 4.31 Å². The van der Waals surface area contributed by atoms with Gasteiger partial charge in [0.25, 0.3) is 0 Å². The molecule has 2 aromatic carbocycles. The van der Waals surface area contributed by atoms with E-state index in [4.69, 9.17) is 0 Å². The van der Waals surface area contributed by atoms with Crippen molar-refractivity contribution in [1.29, 1.82) is 0 Å². The second kappa shape index (κ2) is 8.43. The van der Waals surface area contributed by atoms with E-state index in [-0.39, 0.29) is 11.4 Å². The van der Waals surface area contributed by atoms with E-state index in [1.165, 1.54) is 4.31 Å². The summed E-state index contributed by atoms with van der Waals surface area (Å²) in [5.41, 5.74) is 1.86. The van der Waals surface area contributed by atoms with Crippen LogP contribution in [-0.4, -0.2) is 30.0 Å². The monoisotopic (exact) mass is 359 g/mol. The highest BCUT2D eigenvalue weighted by atomic mass is 32.2. The number of aliphatic hydroxyl groups is 1. The number of aryl methyl sites for hydroxylation is 1. The number of aliphatic hydroxyl groups excluding tert-OH is 1. The summed E-state index contributed by atoms with van der Waals surface area (Å²) in [4.78, 5) is 0.228. The van der Waals surface area contributed by atoms with Crippen LogP contribution in [0.1, 0.15) is 24.5 Å². The zero-order valence-electron chi connectivity index (χ0n) is 14.7. The van der Waals surface area contributed by atoms with Crippen molar-refractivity contribution in [2.75, 3.05) is 0 Å². The van der Waals surface area contributed by atoms with E-state index in [9.17, 15) is 13.5 Å². The first-order valence-electron chi connectivity index (χ1n) is 8.27. The van der Waals surface area contributed by atoms with Crippen LogP contribution in [0.5, 0.6) is 0 Å². The Morgan fingerprint density at radius 3 is 2.28 bits per heavy atom. The maximum atomic E-state index is 13.2. The fraction of sp³-hybridized carbons (Fsp3) is 0.300. The molecular weight excluding hydrogens is 334 g/mol. The molecule has 4 nitrogen and oxygen atoms in total. The van der Waals surface area contributed by atoms with E-state index in [1.54, 1.807) is 37.3 Å². The van der Waals surface area contributed by atoms with Crippen LogP contribution in [-0.2, 0) is 16.6 Å². The lowest BCUT2D eigenvalue weighted by Crippen LogP contribution is -2.44. The predicted molar refractivity (Wildman–Crippen MR) is 101 cm³/mol.